The number of methoxy groups -OCH3 is 1. The Morgan fingerprint density at radius 1 is 1.09 bits per heavy atom. The highest BCUT2D eigenvalue weighted by molar-refractivity contribution is 6.05. The number of carbonyl (C=O) groups excluding carboxylic acids is 3. The molecule has 2 aromatic carbocycles. The van der Waals surface area contributed by atoms with E-state index in [-0.39, 0.29) is 23.4 Å². The minimum absolute atomic E-state index is 0.00517. The van der Waals surface area contributed by atoms with E-state index in [1.165, 1.54) is 7.11 Å². The van der Waals surface area contributed by atoms with Gasteiger partial charge < -0.3 is 25.6 Å². The molecule has 3 N–H and O–H groups in total. The first kappa shape index (κ1) is 26.1. The molecule has 0 bridgehead atoms. The number of ether oxygens (including phenoxy) is 1. The lowest BCUT2D eigenvalue weighted by atomic mass is 9.87. The van der Waals surface area contributed by atoms with Crippen molar-refractivity contribution in [1.29, 1.82) is 0 Å². The maximum absolute atomic E-state index is 12.9. The van der Waals surface area contributed by atoms with E-state index in [9.17, 15) is 14.4 Å². The van der Waals surface area contributed by atoms with Crippen molar-refractivity contribution in [3.05, 3.63) is 59.2 Å². The van der Waals surface area contributed by atoms with E-state index >= 15 is 0 Å². The minimum atomic E-state index is -0.473. The van der Waals surface area contributed by atoms with Gasteiger partial charge in [0.2, 0.25) is 0 Å². The number of rotatable bonds is 6. The van der Waals surface area contributed by atoms with Crippen LogP contribution in [-0.2, 0) is 10.2 Å². The van der Waals surface area contributed by atoms with Gasteiger partial charge in [-0.05, 0) is 61.1 Å². The SMILES string of the molecule is CCNC(=O)N1CCCC(Nc2cc(NC(=O)c3ccc(C(C)(C)C)cc3)ccc2C(=O)OC)C1. The maximum atomic E-state index is 12.9. The molecule has 1 fully saturated rings. The molecule has 0 radical (unpaired) electrons. The van der Waals surface area contributed by atoms with Crippen LogP contribution >= 0.6 is 0 Å². The molecule has 3 rings (SSSR count). The Morgan fingerprint density at radius 2 is 1.80 bits per heavy atom. The van der Waals surface area contributed by atoms with E-state index in [1.54, 1.807) is 23.1 Å². The zero-order valence-electron chi connectivity index (χ0n) is 21.2. The molecule has 0 aliphatic carbocycles. The van der Waals surface area contributed by atoms with Gasteiger partial charge in [0.1, 0.15) is 0 Å². The third-order valence-electron chi connectivity index (χ3n) is 6.09. The number of hydrogen-bond donors (Lipinski definition) is 3. The molecule has 188 valence electrons. The largest absolute Gasteiger partial charge is 0.465 e. The van der Waals surface area contributed by atoms with Crippen LogP contribution in [0.4, 0.5) is 16.2 Å². The summed E-state index contributed by atoms with van der Waals surface area (Å²) in [6, 6.07) is 12.5. The average Bonchev–Trinajstić information content (AvgIpc) is 2.83. The van der Waals surface area contributed by atoms with Gasteiger partial charge in [-0.3, -0.25) is 4.79 Å². The summed E-state index contributed by atoms with van der Waals surface area (Å²) in [6.45, 7) is 10.0. The van der Waals surface area contributed by atoms with E-state index in [0.29, 0.717) is 42.1 Å². The van der Waals surface area contributed by atoms with Crippen LogP contribution in [0, 0.1) is 0 Å². The van der Waals surface area contributed by atoms with E-state index in [4.69, 9.17) is 4.74 Å². The second-order valence-corrected chi connectivity index (χ2v) is 9.80. The van der Waals surface area contributed by atoms with Crippen LogP contribution in [0.3, 0.4) is 0 Å². The summed E-state index contributed by atoms with van der Waals surface area (Å²) >= 11 is 0. The number of benzene rings is 2. The summed E-state index contributed by atoms with van der Waals surface area (Å²) < 4.78 is 4.95. The highest BCUT2D eigenvalue weighted by Gasteiger charge is 2.25. The molecule has 1 atom stereocenters. The number of hydrogen-bond acceptors (Lipinski definition) is 5. The molecule has 1 heterocycles. The molecule has 1 saturated heterocycles. The van der Waals surface area contributed by atoms with Crippen molar-refractivity contribution < 1.29 is 19.1 Å². The number of esters is 1. The van der Waals surface area contributed by atoms with Crippen LogP contribution in [0.1, 0.15) is 66.8 Å². The summed E-state index contributed by atoms with van der Waals surface area (Å²) in [6.07, 6.45) is 1.70. The predicted molar refractivity (Wildman–Crippen MR) is 138 cm³/mol. The number of nitrogens with one attached hydrogen (secondary N) is 3. The molecule has 8 nitrogen and oxygen atoms in total. The van der Waals surface area contributed by atoms with E-state index < -0.39 is 5.97 Å². The van der Waals surface area contributed by atoms with Crippen molar-refractivity contribution in [2.24, 2.45) is 0 Å². The second kappa shape index (κ2) is 11.3. The van der Waals surface area contributed by atoms with Gasteiger partial charge in [-0.2, -0.15) is 0 Å². The van der Waals surface area contributed by atoms with Gasteiger partial charge in [-0.25, -0.2) is 9.59 Å². The molecule has 1 aliphatic heterocycles. The molecule has 3 amide bonds. The van der Waals surface area contributed by atoms with Crippen LogP contribution in [0.25, 0.3) is 0 Å². The average molecular weight is 481 g/mol. The molecule has 1 unspecified atom stereocenters. The van der Waals surface area contributed by atoms with Crippen molar-refractivity contribution in [2.75, 3.05) is 37.4 Å². The lowest BCUT2D eigenvalue weighted by molar-refractivity contribution is 0.0601. The van der Waals surface area contributed by atoms with Crippen molar-refractivity contribution in [3.63, 3.8) is 0 Å². The monoisotopic (exact) mass is 480 g/mol. The number of anilines is 2. The van der Waals surface area contributed by atoms with Gasteiger partial charge in [-0.1, -0.05) is 32.9 Å². The Morgan fingerprint density at radius 3 is 2.43 bits per heavy atom. The van der Waals surface area contributed by atoms with Gasteiger partial charge in [0.15, 0.2) is 0 Å². The van der Waals surface area contributed by atoms with Crippen molar-refractivity contribution in [3.8, 4) is 0 Å². The quantitative estimate of drug-likeness (QED) is 0.524. The van der Waals surface area contributed by atoms with Crippen LogP contribution in [-0.4, -0.2) is 55.6 Å². The number of nitrogens with zero attached hydrogens (tertiary/aromatic N) is 1. The summed E-state index contributed by atoms with van der Waals surface area (Å²) in [5.74, 6) is -0.707. The first-order valence-corrected chi connectivity index (χ1v) is 12.1. The van der Waals surface area contributed by atoms with E-state index in [0.717, 1.165) is 18.4 Å². The van der Waals surface area contributed by atoms with Crippen LogP contribution in [0.2, 0.25) is 0 Å². The highest BCUT2D eigenvalue weighted by atomic mass is 16.5. The third kappa shape index (κ3) is 6.74. The molecule has 0 saturated carbocycles. The van der Waals surface area contributed by atoms with Crippen molar-refractivity contribution in [2.45, 2.75) is 52.0 Å². The van der Waals surface area contributed by atoms with Crippen LogP contribution < -0.4 is 16.0 Å². The highest BCUT2D eigenvalue weighted by Crippen LogP contribution is 2.26. The lowest BCUT2D eigenvalue weighted by Gasteiger charge is -2.34. The summed E-state index contributed by atoms with van der Waals surface area (Å²) in [4.78, 5) is 39.3. The van der Waals surface area contributed by atoms with Crippen molar-refractivity contribution in [1.82, 2.24) is 10.2 Å². The van der Waals surface area contributed by atoms with E-state index in [1.807, 2.05) is 31.2 Å². The van der Waals surface area contributed by atoms with Gasteiger partial charge in [0, 0.05) is 36.9 Å². The molecule has 0 aromatic heterocycles. The smallest absolute Gasteiger partial charge is 0.339 e. The Hall–Kier alpha value is -3.55. The fourth-order valence-corrected chi connectivity index (χ4v) is 4.12. The number of likely N-dealkylation sites (tertiary alicyclic amines) is 1. The van der Waals surface area contributed by atoms with Crippen LogP contribution in [0.15, 0.2) is 42.5 Å². The summed E-state index contributed by atoms with van der Waals surface area (Å²) in [7, 11) is 1.33. The number of amides is 3. The van der Waals surface area contributed by atoms with E-state index in [2.05, 4.69) is 36.7 Å². The first-order valence-electron chi connectivity index (χ1n) is 12.1. The van der Waals surface area contributed by atoms with Crippen LogP contribution in [0.5, 0.6) is 0 Å². The molecule has 0 spiro atoms. The predicted octanol–water partition coefficient (Wildman–Crippen LogP) is 4.63. The summed E-state index contributed by atoms with van der Waals surface area (Å²) in [5.41, 5.74) is 3.19. The van der Waals surface area contributed by atoms with Gasteiger partial charge >= 0.3 is 12.0 Å². The normalized spacial score (nSPS) is 15.8. The molecule has 1 aliphatic rings. The molecule has 35 heavy (non-hydrogen) atoms. The number of piperidine rings is 1. The molecular weight excluding hydrogens is 444 g/mol. The second-order valence-electron chi connectivity index (χ2n) is 9.80. The Kier molecular flexibility index (Phi) is 8.38. The fraction of sp³-hybridized carbons (Fsp3) is 0.444. The van der Waals surface area contributed by atoms with Gasteiger partial charge in [-0.15, -0.1) is 0 Å². The lowest BCUT2D eigenvalue weighted by Crippen LogP contribution is -2.49. The molecule has 2 aromatic rings. The molecular formula is C27H36N4O4. The standard InChI is InChI=1S/C27H36N4O4/c1-6-28-26(34)31-15-7-8-21(17-31)29-23-16-20(13-14-22(23)25(33)35-5)30-24(32)18-9-11-19(12-10-18)27(2,3)4/h9-14,16,21,29H,6-8,15,17H2,1-5H3,(H,28,34)(H,30,32). The first-order chi connectivity index (χ1) is 16.6. The van der Waals surface area contributed by atoms with Gasteiger partial charge in [0.05, 0.1) is 18.4 Å². The van der Waals surface area contributed by atoms with Gasteiger partial charge in [0.25, 0.3) is 5.91 Å². The Bertz CT molecular complexity index is 1060. The zero-order chi connectivity index (χ0) is 25.6. The number of urea groups is 1. The zero-order valence-corrected chi connectivity index (χ0v) is 21.2. The number of carbonyl (C=O) groups is 3. The third-order valence-corrected chi connectivity index (χ3v) is 6.09. The molecule has 8 heteroatoms. The maximum Gasteiger partial charge on any atom is 0.339 e. The topological polar surface area (TPSA) is 99.8 Å². The Labute approximate surface area is 207 Å². The minimum Gasteiger partial charge on any atom is -0.465 e. The Balaban J connectivity index is 1.77. The summed E-state index contributed by atoms with van der Waals surface area (Å²) in [5, 5.41) is 9.15. The fourth-order valence-electron chi connectivity index (χ4n) is 4.12. The van der Waals surface area contributed by atoms with Crippen molar-refractivity contribution >= 4 is 29.3 Å².